The van der Waals surface area contributed by atoms with Crippen LogP contribution in [-0.2, 0) is 5.60 Å². The van der Waals surface area contributed by atoms with Gasteiger partial charge in [-0.25, -0.2) is 4.39 Å². The van der Waals surface area contributed by atoms with Gasteiger partial charge in [0, 0.05) is 0 Å². The summed E-state index contributed by atoms with van der Waals surface area (Å²) in [6, 6.07) is 12.9. The van der Waals surface area contributed by atoms with E-state index in [2.05, 4.69) is 5.92 Å². The Kier molecular flexibility index (Phi) is 4.62. The SMILES string of the molecule is C#CC(O)(CCC)c1ccc(Oc2ccccc2F)cc1. The van der Waals surface area contributed by atoms with Crippen molar-refractivity contribution >= 4 is 0 Å². The molecule has 2 nitrogen and oxygen atoms in total. The third-order valence-corrected chi connectivity index (χ3v) is 3.25. The van der Waals surface area contributed by atoms with Gasteiger partial charge in [-0.2, -0.15) is 0 Å². The Bertz CT molecular complexity index is 643. The zero-order chi connectivity index (χ0) is 15.3. The Labute approximate surface area is 124 Å². The molecule has 3 heteroatoms. The third kappa shape index (κ3) is 3.42. The Morgan fingerprint density at radius 2 is 1.86 bits per heavy atom. The van der Waals surface area contributed by atoms with Gasteiger partial charge in [0.05, 0.1) is 0 Å². The zero-order valence-electron chi connectivity index (χ0n) is 11.8. The van der Waals surface area contributed by atoms with Gasteiger partial charge in [0.1, 0.15) is 5.75 Å². The van der Waals surface area contributed by atoms with Crippen LogP contribution in [0, 0.1) is 18.2 Å². The molecule has 0 heterocycles. The fourth-order valence-corrected chi connectivity index (χ4v) is 2.11. The lowest BCUT2D eigenvalue weighted by Gasteiger charge is -2.22. The second-order valence-electron chi connectivity index (χ2n) is 4.81. The van der Waals surface area contributed by atoms with Crippen molar-refractivity contribution in [3.63, 3.8) is 0 Å². The van der Waals surface area contributed by atoms with Crippen molar-refractivity contribution in [3.05, 3.63) is 59.9 Å². The molecular weight excluding hydrogens is 267 g/mol. The highest BCUT2D eigenvalue weighted by molar-refractivity contribution is 5.38. The van der Waals surface area contributed by atoms with E-state index in [1.54, 1.807) is 42.5 Å². The maximum Gasteiger partial charge on any atom is 0.165 e. The molecule has 1 N–H and O–H groups in total. The minimum atomic E-state index is -1.27. The maximum atomic E-state index is 13.5. The molecule has 0 aliphatic heterocycles. The van der Waals surface area contributed by atoms with Crippen LogP contribution in [0.3, 0.4) is 0 Å². The monoisotopic (exact) mass is 284 g/mol. The van der Waals surface area contributed by atoms with E-state index in [4.69, 9.17) is 11.2 Å². The van der Waals surface area contributed by atoms with E-state index in [-0.39, 0.29) is 5.75 Å². The normalized spacial score (nSPS) is 13.2. The molecule has 0 aliphatic rings. The van der Waals surface area contributed by atoms with Gasteiger partial charge >= 0.3 is 0 Å². The largest absolute Gasteiger partial charge is 0.454 e. The molecule has 0 aromatic heterocycles. The van der Waals surface area contributed by atoms with Gasteiger partial charge in [0.25, 0.3) is 0 Å². The average molecular weight is 284 g/mol. The predicted octanol–water partition coefficient (Wildman–Crippen LogP) is 4.24. The molecule has 2 aromatic carbocycles. The second kappa shape index (κ2) is 6.43. The van der Waals surface area contributed by atoms with E-state index in [1.807, 2.05) is 6.92 Å². The molecule has 2 rings (SSSR count). The molecule has 0 aliphatic carbocycles. The first-order valence-electron chi connectivity index (χ1n) is 6.82. The van der Waals surface area contributed by atoms with Gasteiger partial charge in [0.2, 0.25) is 0 Å². The molecule has 0 fully saturated rings. The van der Waals surface area contributed by atoms with Crippen LogP contribution >= 0.6 is 0 Å². The fourth-order valence-electron chi connectivity index (χ4n) is 2.11. The summed E-state index contributed by atoms with van der Waals surface area (Å²) in [6.07, 6.45) is 6.68. The van der Waals surface area contributed by atoms with E-state index in [0.717, 1.165) is 6.42 Å². The van der Waals surface area contributed by atoms with Crippen LogP contribution < -0.4 is 4.74 Å². The number of ether oxygens (including phenoxy) is 1. The first-order chi connectivity index (χ1) is 10.1. The molecule has 1 atom stereocenters. The molecule has 0 bridgehead atoms. The first kappa shape index (κ1) is 15.1. The third-order valence-electron chi connectivity index (χ3n) is 3.25. The van der Waals surface area contributed by atoms with Gasteiger partial charge in [-0.05, 0) is 36.2 Å². The molecule has 2 aromatic rings. The minimum absolute atomic E-state index is 0.158. The van der Waals surface area contributed by atoms with E-state index < -0.39 is 11.4 Å². The summed E-state index contributed by atoms with van der Waals surface area (Å²) in [4.78, 5) is 0. The highest BCUT2D eigenvalue weighted by Gasteiger charge is 2.25. The van der Waals surface area contributed by atoms with Crippen LogP contribution in [0.15, 0.2) is 48.5 Å². The molecule has 0 amide bonds. The highest BCUT2D eigenvalue weighted by Crippen LogP contribution is 2.29. The van der Waals surface area contributed by atoms with Crippen molar-refractivity contribution in [2.24, 2.45) is 0 Å². The van der Waals surface area contributed by atoms with Crippen LogP contribution in [-0.4, -0.2) is 5.11 Å². The van der Waals surface area contributed by atoms with Crippen molar-refractivity contribution in [2.45, 2.75) is 25.4 Å². The number of aliphatic hydroxyl groups is 1. The number of halogens is 1. The van der Waals surface area contributed by atoms with E-state index in [9.17, 15) is 9.50 Å². The summed E-state index contributed by atoms with van der Waals surface area (Å²) in [5.41, 5.74) is -0.640. The number of para-hydroxylation sites is 1. The Morgan fingerprint density at radius 3 is 2.43 bits per heavy atom. The van der Waals surface area contributed by atoms with E-state index >= 15 is 0 Å². The molecule has 0 radical (unpaired) electrons. The maximum absolute atomic E-state index is 13.5. The lowest BCUT2D eigenvalue weighted by Crippen LogP contribution is -2.22. The molecule has 0 spiro atoms. The lowest BCUT2D eigenvalue weighted by atomic mass is 9.90. The molecule has 0 saturated heterocycles. The van der Waals surface area contributed by atoms with Gasteiger partial charge in [-0.1, -0.05) is 43.5 Å². The van der Waals surface area contributed by atoms with Crippen molar-refractivity contribution in [1.29, 1.82) is 0 Å². The summed E-state index contributed by atoms with van der Waals surface area (Å²) in [5, 5.41) is 10.4. The second-order valence-corrected chi connectivity index (χ2v) is 4.81. The van der Waals surface area contributed by atoms with Gasteiger partial charge in [-0.15, -0.1) is 6.42 Å². The quantitative estimate of drug-likeness (QED) is 0.832. The summed E-state index contributed by atoms with van der Waals surface area (Å²) in [7, 11) is 0. The van der Waals surface area contributed by atoms with Gasteiger partial charge in [0.15, 0.2) is 17.2 Å². The van der Waals surface area contributed by atoms with Gasteiger partial charge in [-0.3, -0.25) is 0 Å². The van der Waals surface area contributed by atoms with Crippen molar-refractivity contribution in [3.8, 4) is 23.8 Å². The minimum Gasteiger partial charge on any atom is -0.454 e. The number of terminal acetylenes is 1. The first-order valence-corrected chi connectivity index (χ1v) is 6.82. The predicted molar refractivity (Wildman–Crippen MR) is 80.6 cm³/mol. The van der Waals surface area contributed by atoms with Gasteiger partial charge < -0.3 is 9.84 Å². The molecule has 21 heavy (non-hydrogen) atoms. The number of rotatable bonds is 5. The van der Waals surface area contributed by atoms with Crippen LogP contribution in [0.1, 0.15) is 25.3 Å². The summed E-state index contributed by atoms with van der Waals surface area (Å²) >= 11 is 0. The average Bonchev–Trinajstić information content (AvgIpc) is 2.50. The van der Waals surface area contributed by atoms with E-state index in [1.165, 1.54) is 6.07 Å². The van der Waals surface area contributed by atoms with Crippen molar-refractivity contribution < 1.29 is 14.2 Å². The molecule has 0 saturated carbocycles. The summed E-state index contributed by atoms with van der Waals surface area (Å²) in [6.45, 7) is 1.96. The summed E-state index contributed by atoms with van der Waals surface area (Å²) in [5.74, 6) is 2.65. The fraction of sp³-hybridized carbons (Fsp3) is 0.222. The van der Waals surface area contributed by atoms with Crippen molar-refractivity contribution in [1.82, 2.24) is 0 Å². The lowest BCUT2D eigenvalue weighted by molar-refractivity contribution is 0.0895. The highest BCUT2D eigenvalue weighted by atomic mass is 19.1. The number of hydrogen-bond donors (Lipinski definition) is 1. The molecule has 1 unspecified atom stereocenters. The Hall–Kier alpha value is -2.31. The van der Waals surface area contributed by atoms with E-state index in [0.29, 0.717) is 17.7 Å². The van der Waals surface area contributed by atoms with Crippen LogP contribution in [0.4, 0.5) is 4.39 Å². The zero-order valence-corrected chi connectivity index (χ0v) is 11.8. The van der Waals surface area contributed by atoms with Crippen LogP contribution in [0.2, 0.25) is 0 Å². The Morgan fingerprint density at radius 1 is 1.19 bits per heavy atom. The van der Waals surface area contributed by atoms with Crippen LogP contribution in [0.5, 0.6) is 11.5 Å². The summed E-state index contributed by atoms with van der Waals surface area (Å²) < 4.78 is 19.0. The smallest absolute Gasteiger partial charge is 0.165 e. The number of hydrogen-bond acceptors (Lipinski definition) is 2. The van der Waals surface area contributed by atoms with Crippen molar-refractivity contribution in [2.75, 3.05) is 0 Å². The Balaban J connectivity index is 2.20. The van der Waals surface area contributed by atoms with Crippen LogP contribution in [0.25, 0.3) is 0 Å². The molecule has 108 valence electrons. The number of benzene rings is 2. The standard InChI is InChI=1S/C18H17FO2/c1-3-13-18(20,4-2)14-9-11-15(12-10-14)21-17-8-6-5-7-16(17)19/h2,5-12,20H,3,13H2,1H3. The molecular formula is C18H17FO2. The topological polar surface area (TPSA) is 29.5 Å².